The maximum atomic E-state index is 13.8. The summed E-state index contributed by atoms with van der Waals surface area (Å²) in [5, 5.41) is 0. The number of likely N-dealkylation sites (tertiary alicyclic amines) is 1. The van der Waals surface area contributed by atoms with Crippen molar-refractivity contribution in [3.05, 3.63) is 23.8 Å². The molecule has 1 aliphatic heterocycles. The Kier molecular flexibility index (Phi) is 4.55. The molecule has 0 aliphatic carbocycles. The summed E-state index contributed by atoms with van der Waals surface area (Å²) >= 11 is 0. The van der Waals surface area contributed by atoms with Crippen molar-refractivity contribution in [2.75, 3.05) is 14.2 Å². The Morgan fingerprint density at radius 1 is 1.35 bits per heavy atom. The van der Waals surface area contributed by atoms with E-state index in [9.17, 15) is 26.8 Å². The molecule has 1 aromatic rings. The van der Waals surface area contributed by atoms with Gasteiger partial charge in [0.15, 0.2) is 4.90 Å². The van der Waals surface area contributed by atoms with Crippen molar-refractivity contribution in [2.24, 2.45) is 0 Å². The van der Waals surface area contributed by atoms with Crippen LogP contribution in [-0.2, 0) is 19.6 Å². The fourth-order valence-corrected chi connectivity index (χ4v) is 3.41. The summed E-state index contributed by atoms with van der Waals surface area (Å²) in [5.41, 5.74) is 0. The number of hydrogen-bond acceptors (Lipinski definition) is 5. The van der Waals surface area contributed by atoms with Gasteiger partial charge in [-0.2, -0.15) is 0 Å². The van der Waals surface area contributed by atoms with E-state index in [0.717, 1.165) is 12.0 Å². The molecular formula is C13H14F2N2O5S. The molecule has 1 fully saturated rings. The molecule has 0 unspecified atom stereocenters. The van der Waals surface area contributed by atoms with Crippen LogP contribution in [0.4, 0.5) is 8.78 Å². The van der Waals surface area contributed by atoms with Gasteiger partial charge in [0, 0.05) is 25.6 Å². The van der Waals surface area contributed by atoms with Gasteiger partial charge in [-0.1, -0.05) is 0 Å². The zero-order chi connectivity index (χ0) is 17.4. The quantitative estimate of drug-likeness (QED) is 0.850. The summed E-state index contributed by atoms with van der Waals surface area (Å²) < 4.78 is 58.1. The van der Waals surface area contributed by atoms with Crippen molar-refractivity contribution in [2.45, 2.75) is 23.8 Å². The molecule has 1 aliphatic rings. The van der Waals surface area contributed by atoms with E-state index in [2.05, 4.69) is 4.74 Å². The SMILES string of the molecule is COc1cc(F)c(S(=O)(=O)NC(=O)[C@H]2CCC(=O)N2C)c(F)c1. The van der Waals surface area contributed by atoms with Gasteiger partial charge in [0.2, 0.25) is 5.91 Å². The van der Waals surface area contributed by atoms with Crippen molar-refractivity contribution in [1.82, 2.24) is 9.62 Å². The lowest BCUT2D eigenvalue weighted by Crippen LogP contribution is -2.45. The number of likely N-dealkylation sites (N-methyl/N-ethyl adjacent to an activating group) is 1. The Hall–Kier alpha value is -2.23. The molecule has 0 radical (unpaired) electrons. The van der Waals surface area contributed by atoms with E-state index in [1.54, 1.807) is 4.72 Å². The topological polar surface area (TPSA) is 92.8 Å². The molecule has 1 atom stereocenters. The average molecular weight is 348 g/mol. The van der Waals surface area contributed by atoms with Crippen LogP contribution in [0.1, 0.15) is 12.8 Å². The number of methoxy groups -OCH3 is 1. The summed E-state index contributed by atoms with van der Waals surface area (Å²) in [6.07, 6.45) is 0.226. The zero-order valence-corrected chi connectivity index (χ0v) is 13.1. The van der Waals surface area contributed by atoms with Crippen LogP contribution in [0.5, 0.6) is 5.75 Å². The predicted octanol–water partition coefficient (Wildman–Crippen LogP) is 0.399. The molecule has 0 spiro atoms. The number of rotatable bonds is 4. The van der Waals surface area contributed by atoms with Crippen molar-refractivity contribution in [3.8, 4) is 5.75 Å². The number of sulfonamides is 1. The van der Waals surface area contributed by atoms with E-state index in [4.69, 9.17) is 0 Å². The van der Waals surface area contributed by atoms with Crippen LogP contribution in [0.2, 0.25) is 0 Å². The molecule has 1 heterocycles. The largest absolute Gasteiger partial charge is 0.497 e. The highest BCUT2D eigenvalue weighted by atomic mass is 32.2. The molecule has 1 aromatic carbocycles. The van der Waals surface area contributed by atoms with Gasteiger partial charge in [0.25, 0.3) is 15.9 Å². The van der Waals surface area contributed by atoms with Crippen molar-refractivity contribution in [3.63, 3.8) is 0 Å². The minimum atomic E-state index is -4.77. The summed E-state index contributed by atoms with van der Waals surface area (Å²) in [6, 6.07) is 0.377. The third-order valence-corrected chi connectivity index (χ3v) is 4.90. The summed E-state index contributed by atoms with van der Waals surface area (Å²) in [7, 11) is -2.26. The number of benzene rings is 1. The number of ether oxygens (including phenoxy) is 1. The number of carbonyl (C=O) groups is 2. The highest BCUT2D eigenvalue weighted by Crippen LogP contribution is 2.25. The van der Waals surface area contributed by atoms with Gasteiger partial charge in [-0.15, -0.1) is 0 Å². The van der Waals surface area contributed by atoms with Crippen LogP contribution in [0.25, 0.3) is 0 Å². The van der Waals surface area contributed by atoms with Crippen LogP contribution in [0, 0.1) is 11.6 Å². The van der Waals surface area contributed by atoms with Gasteiger partial charge >= 0.3 is 0 Å². The number of nitrogens with zero attached hydrogens (tertiary/aromatic N) is 1. The number of nitrogens with one attached hydrogen (secondary N) is 1. The van der Waals surface area contributed by atoms with Crippen LogP contribution >= 0.6 is 0 Å². The highest BCUT2D eigenvalue weighted by Gasteiger charge is 2.36. The van der Waals surface area contributed by atoms with Gasteiger partial charge in [-0.25, -0.2) is 21.9 Å². The first-order valence-corrected chi connectivity index (χ1v) is 8.01. The lowest BCUT2D eigenvalue weighted by molar-refractivity contribution is -0.133. The Morgan fingerprint density at radius 2 is 1.91 bits per heavy atom. The van der Waals surface area contributed by atoms with Crippen molar-refractivity contribution in [1.29, 1.82) is 0 Å². The molecule has 126 valence electrons. The third-order valence-electron chi connectivity index (χ3n) is 3.51. The molecule has 0 bridgehead atoms. The van der Waals surface area contributed by atoms with Crippen molar-refractivity contribution >= 4 is 21.8 Å². The third kappa shape index (κ3) is 3.26. The molecule has 1 N–H and O–H groups in total. The van der Waals surface area contributed by atoms with Crippen LogP contribution in [0.3, 0.4) is 0 Å². The standard InChI is InChI=1S/C13H14F2N2O5S/c1-17-10(3-4-11(17)18)13(19)16-23(20,21)12-8(14)5-7(22-2)6-9(12)15/h5-6,10H,3-4H2,1-2H3,(H,16,19)/t10-/m1/s1. The van der Waals surface area contributed by atoms with Crippen molar-refractivity contribution < 1.29 is 31.5 Å². The van der Waals surface area contributed by atoms with E-state index in [0.29, 0.717) is 12.1 Å². The first kappa shape index (κ1) is 17.1. The van der Waals surface area contributed by atoms with Crippen LogP contribution < -0.4 is 9.46 Å². The first-order valence-electron chi connectivity index (χ1n) is 6.52. The molecule has 2 rings (SSSR count). The van der Waals surface area contributed by atoms with Crippen LogP contribution in [0.15, 0.2) is 17.0 Å². The Bertz CT molecular complexity index is 743. The molecule has 23 heavy (non-hydrogen) atoms. The molecule has 7 nitrogen and oxygen atoms in total. The van der Waals surface area contributed by atoms with E-state index >= 15 is 0 Å². The Labute approximate surface area is 131 Å². The van der Waals surface area contributed by atoms with E-state index in [1.165, 1.54) is 7.05 Å². The molecular weight excluding hydrogens is 334 g/mol. The second-order valence-electron chi connectivity index (χ2n) is 4.95. The Morgan fingerprint density at radius 3 is 2.35 bits per heavy atom. The molecule has 0 saturated carbocycles. The first-order chi connectivity index (χ1) is 10.7. The number of amides is 2. The Balaban J connectivity index is 2.29. The molecule has 10 heteroatoms. The molecule has 1 saturated heterocycles. The summed E-state index contributed by atoms with van der Waals surface area (Å²) in [5.74, 6) is -4.32. The minimum Gasteiger partial charge on any atom is -0.497 e. The van der Waals surface area contributed by atoms with Gasteiger partial charge < -0.3 is 9.64 Å². The fraction of sp³-hybridized carbons (Fsp3) is 0.385. The van der Waals surface area contributed by atoms with Gasteiger partial charge in [-0.3, -0.25) is 9.59 Å². The van der Waals surface area contributed by atoms with E-state index < -0.39 is 38.5 Å². The average Bonchev–Trinajstić information content (AvgIpc) is 2.77. The zero-order valence-electron chi connectivity index (χ0n) is 12.3. The minimum absolute atomic E-state index is 0.0971. The summed E-state index contributed by atoms with van der Waals surface area (Å²) in [6.45, 7) is 0. The summed E-state index contributed by atoms with van der Waals surface area (Å²) in [4.78, 5) is 23.2. The second kappa shape index (κ2) is 6.11. The smallest absolute Gasteiger partial charge is 0.269 e. The normalized spacial score (nSPS) is 18.2. The maximum absolute atomic E-state index is 13.8. The number of carbonyl (C=O) groups excluding carboxylic acids is 2. The molecule has 0 aromatic heterocycles. The van der Waals surface area contributed by atoms with Gasteiger partial charge in [0.05, 0.1) is 7.11 Å². The highest BCUT2D eigenvalue weighted by molar-refractivity contribution is 7.90. The van der Waals surface area contributed by atoms with Gasteiger partial charge in [0.1, 0.15) is 23.4 Å². The fourth-order valence-electron chi connectivity index (χ4n) is 2.27. The van der Waals surface area contributed by atoms with Gasteiger partial charge in [-0.05, 0) is 6.42 Å². The molecule has 2 amide bonds. The van der Waals surface area contributed by atoms with Crippen LogP contribution in [-0.4, -0.2) is 45.3 Å². The number of halogens is 2. The number of hydrogen-bond donors (Lipinski definition) is 1. The van der Waals surface area contributed by atoms with E-state index in [1.807, 2.05) is 0 Å². The second-order valence-corrected chi connectivity index (χ2v) is 6.57. The lowest BCUT2D eigenvalue weighted by atomic mass is 10.2. The van der Waals surface area contributed by atoms with E-state index in [-0.39, 0.29) is 24.5 Å². The predicted molar refractivity (Wildman–Crippen MR) is 74.0 cm³/mol. The lowest BCUT2D eigenvalue weighted by Gasteiger charge is -2.19. The monoisotopic (exact) mass is 348 g/mol. The maximum Gasteiger partial charge on any atom is 0.269 e.